The first-order valence-electron chi connectivity index (χ1n) is 7.69. The van der Waals surface area contributed by atoms with Gasteiger partial charge in [-0.05, 0) is 37.7 Å². The summed E-state index contributed by atoms with van der Waals surface area (Å²) in [5.41, 5.74) is 0. The standard InChI is InChI=1S/C14H20N4O2S/c19-21(20,12-2-3-12)18-9-4-11-10-17(8-5-13(11)18)14-15-6-1-7-16-14/h1,6-7,11-13H,2-5,8-10H2/t11-,13-/m0/s1. The van der Waals surface area contributed by atoms with Crippen LogP contribution in [0.3, 0.4) is 0 Å². The second kappa shape index (κ2) is 4.91. The van der Waals surface area contributed by atoms with Gasteiger partial charge in [0.2, 0.25) is 16.0 Å². The van der Waals surface area contributed by atoms with Gasteiger partial charge >= 0.3 is 0 Å². The lowest BCUT2D eigenvalue weighted by Crippen LogP contribution is -2.48. The van der Waals surface area contributed by atoms with E-state index >= 15 is 0 Å². The highest BCUT2D eigenvalue weighted by Gasteiger charge is 2.48. The molecule has 114 valence electrons. The number of anilines is 1. The molecule has 1 aromatic rings. The number of hydrogen-bond donors (Lipinski definition) is 0. The van der Waals surface area contributed by atoms with Crippen molar-refractivity contribution in [2.75, 3.05) is 24.5 Å². The van der Waals surface area contributed by atoms with E-state index in [2.05, 4.69) is 14.9 Å². The summed E-state index contributed by atoms with van der Waals surface area (Å²) in [6.07, 6.45) is 7.05. The smallest absolute Gasteiger partial charge is 0.225 e. The molecule has 2 aliphatic heterocycles. The summed E-state index contributed by atoms with van der Waals surface area (Å²) in [5, 5.41) is -0.0910. The molecule has 0 bridgehead atoms. The maximum absolute atomic E-state index is 12.5. The zero-order valence-corrected chi connectivity index (χ0v) is 12.7. The van der Waals surface area contributed by atoms with Gasteiger partial charge in [-0.2, -0.15) is 4.31 Å². The highest BCUT2D eigenvalue weighted by Crippen LogP contribution is 2.39. The number of hydrogen-bond acceptors (Lipinski definition) is 5. The molecule has 3 aliphatic rings. The molecule has 7 heteroatoms. The monoisotopic (exact) mass is 308 g/mol. The van der Waals surface area contributed by atoms with Gasteiger partial charge in [0.05, 0.1) is 5.25 Å². The number of sulfonamides is 1. The lowest BCUT2D eigenvalue weighted by Gasteiger charge is -2.37. The summed E-state index contributed by atoms with van der Waals surface area (Å²) < 4.78 is 26.8. The van der Waals surface area contributed by atoms with Crippen molar-refractivity contribution in [2.45, 2.75) is 37.0 Å². The Morgan fingerprint density at radius 2 is 1.81 bits per heavy atom. The molecule has 4 rings (SSSR count). The second-order valence-corrected chi connectivity index (χ2v) is 8.42. The molecule has 6 nitrogen and oxygen atoms in total. The van der Waals surface area contributed by atoms with Crippen LogP contribution >= 0.6 is 0 Å². The first kappa shape index (κ1) is 13.5. The minimum Gasteiger partial charge on any atom is -0.340 e. The Balaban J connectivity index is 1.50. The highest BCUT2D eigenvalue weighted by molar-refractivity contribution is 7.90. The van der Waals surface area contributed by atoms with Crippen LogP contribution in [0, 0.1) is 5.92 Å². The zero-order valence-electron chi connectivity index (χ0n) is 11.9. The number of rotatable bonds is 3. The van der Waals surface area contributed by atoms with Crippen LogP contribution in [0.4, 0.5) is 5.95 Å². The van der Waals surface area contributed by atoms with Gasteiger partial charge in [0.25, 0.3) is 0 Å². The molecule has 1 aliphatic carbocycles. The Labute approximate surface area is 125 Å². The Bertz CT molecular complexity index is 617. The third-order valence-electron chi connectivity index (χ3n) is 4.89. The maximum Gasteiger partial charge on any atom is 0.225 e. The van der Waals surface area contributed by atoms with Crippen molar-refractivity contribution in [3.63, 3.8) is 0 Å². The summed E-state index contributed by atoms with van der Waals surface area (Å²) in [5.74, 6) is 1.18. The predicted molar refractivity (Wildman–Crippen MR) is 79.4 cm³/mol. The van der Waals surface area contributed by atoms with Gasteiger partial charge in [0.1, 0.15) is 0 Å². The van der Waals surface area contributed by atoms with Crippen LogP contribution in [0.15, 0.2) is 18.5 Å². The Kier molecular flexibility index (Phi) is 3.15. The van der Waals surface area contributed by atoms with E-state index in [9.17, 15) is 8.42 Å². The summed E-state index contributed by atoms with van der Waals surface area (Å²) in [7, 11) is -3.03. The van der Waals surface area contributed by atoms with Gasteiger partial charge in [0.15, 0.2) is 0 Å². The quantitative estimate of drug-likeness (QED) is 0.829. The number of aromatic nitrogens is 2. The lowest BCUT2D eigenvalue weighted by molar-refractivity contribution is 0.291. The lowest BCUT2D eigenvalue weighted by atomic mass is 9.93. The second-order valence-electron chi connectivity index (χ2n) is 6.25. The van der Waals surface area contributed by atoms with Gasteiger partial charge in [-0.3, -0.25) is 0 Å². The molecule has 3 fully saturated rings. The topological polar surface area (TPSA) is 66.4 Å². The van der Waals surface area contributed by atoms with Crippen LogP contribution in [0.5, 0.6) is 0 Å². The molecule has 0 spiro atoms. The fourth-order valence-corrected chi connectivity index (χ4v) is 5.78. The minimum atomic E-state index is -3.03. The third-order valence-corrected chi connectivity index (χ3v) is 7.31. The van der Waals surface area contributed by atoms with E-state index < -0.39 is 10.0 Å². The largest absolute Gasteiger partial charge is 0.340 e. The Morgan fingerprint density at radius 1 is 1.05 bits per heavy atom. The van der Waals surface area contributed by atoms with Crippen molar-refractivity contribution < 1.29 is 8.42 Å². The van der Waals surface area contributed by atoms with Crippen molar-refractivity contribution in [3.05, 3.63) is 18.5 Å². The van der Waals surface area contributed by atoms with E-state index in [4.69, 9.17) is 0 Å². The number of fused-ring (bicyclic) bond motifs is 1. The fraction of sp³-hybridized carbons (Fsp3) is 0.714. The first-order valence-corrected chi connectivity index (χ1v) is 9.19. The molecular formula is C14H20N4O2S. The van der Waals surface area contributed by atoms with Crippen LogP contribution in [-0.2, 0) is 10.0 Å². The van der Waals surface area contributed by atoms with Crippen molar-refractivity contribution >= 4 is 16.0 Å². The van der Waals surface area contributed by atoms with Gasteiger partial charge in [-0.15, -0.1) is 0 Å². The molecule has 0 radical (unpaired) electrons. The van der Waals surface area contributed by atoms with Crippen molar-refractivity contribution in [1.82, 2.24) is 14.3 Å². The maximum atomic E-state index is 12.5. The van der Waals surface area contributed by atoms with Crippen LogP contribution in [-0.4, -0.2) is 53.6 Å². The number of piperidine rings is 1. The molecule has 2 saturated heterocycles. The van der Waals surface area contributed by atoms with Crippen LogP contribution in [0.2, 0.25) is 0 Å². The average molecular weight is 308 g/mol. The Hall–Kier alpha value is -1.21. The van der Waals surface area contributed by atoms with Gasteiger partial charge in [0, 0.05) is 38.1 Å². The van der Waals surface area contributed by atoms with Crippen molar-refractivity contribution in [2.24, 2.45) is 5.92 Å². The van der Waals surface area contributed by atoms with Crippen molar-refractivity contribution in [1.29, 1.82) is 0 Å². The summed E-state index contributed by atoms with van der Waals surface area (Å²) in [6.45, 7) is 2.39. The molecule has 21 heavy (non-hydrogen) atoms. The molecule has 0 amide bonds. The molecule has 0 unspecified atom stereocenters. The van der Waals surface area contributed by atoms with E-state index in [1.165, 1.54) is 0 Å². The van der Waals surface area contributed by atoms with Crippen LogP contribution in [0.25, 0.3) is 0 Å². The highest BCUT2D eigenvalue weighted by atomic mass is 32.2. The Morgan fingerprint density at radius 3 is 2.52 bits per heavy atom. The number of nitrogens with zero attached hydrogens (tertiary/aromatic N) is 4. The van der Waals surface area contributed by atoms with Crippen LogP contribution in [0.1, 0.15) is 25.7 Å². The molecule has 3 heterocycles. The third kappa shape index (κ3) is 2.32. The summed E-state index contributed by atoms with van der Waals surface area (Å²) in [4.78, 5) is 10.8. The van der Waals surface area contributed by atoms with E-state index in [1.807, 2.05) is 6.07 Å². The van der Waals surface area contributed by atoms with Crippen molar-refractivity contribution in [3.8, 4) is 0 Å². The molecule has 2 atom stereocenters. The predicted octanol–water partition coefficient (Wildman–Crippen LogP) is 0.869. The van der Waals surface area contributed by atoms with Gasteiger partial charge in [-0.25, -0.2) is 18.4 Å². The van der Waals surface area contributed by atoms with Gasteiger partial charge < -0.3 is 4.90 Å². The molecule has 0 aromatic carbocycles. The summed E-state index contributed by atoms with van der Waals surface area (Å²) in [6, 6.07) is 2.01. The normalized spacial score (nSPS) is 30.4. The SMILES string of the molecule is O=S(=O)(C1CC1)N1CC[C@H]2CN(c3ncccn3)CC[C@@H]21. The van der Waals surface area contributed by atoms with Gasteiger partial charge in [-0.1, -0.05) is 0 Å². The minimum absolute atomic E-state index is 0.0910. The zero-order chi connectivity index (χ0) is 14.4. The summed E-state index contributed by atoms with van der Waals surface area (Å²) >= 11 is 0. The van der Waals surface area contributed by atoms with E-state index in [0.717, 1.165) is 44.7 Å². The first-order chi connectivity index (χ1) is 10.2. The molecule has 1 aromatic heterocycles. The fourth-order valence-electron chi connectivity index (χ4n) is 3.65. The average Bonchev–Trinajstić information content (AvgIpc) is 3.28. The molecule has 1 saturated carbocycles. The molecular weight excluding hydrogens is 288 g/mol. The van der Waals surface area contributed by atoms with E-state index in [0.29, 0.717) is 12.5 Å². The van der Waals surface area contributed by atoms with E-state index in [-0.39, 0.29) is 11.3 Å². The van der Waals surface area contributed by atoms with E-state index in [1.54, 1.807) is 16.7 Å². The molecule has 0 N–H and O–H groups in total. The van der Waals surface area contributed by atoms with Crippen LogP contribution < -0.4 is 4.90 Å².